The Morgan fingerprint density at radius 1 is 0.478 bits per heavy atom. The Balaban J connectivity index is 1.15. The largest absolute Gasteiger partial charge is 0.454 e. The lowest BCUT2D eigenvalue weighted by molar-refractivity contribution is 0.669. The standard InChI is InChI=1S/C41H24N2OS2/c1-4-13-36-28(8-1)31-11-7-12-35(40(31)44-36)43(27-20-23-39-33(24-27)30-10-3-5-14-37(30)45-39)26-18-16-25(17-19-26)34-22-21-32-29-9-2-6-15-38(29)46-41(32)42-34/h1-24H. The van der Waals surface area contributed by atoms with Gasteiger partial charge in [-0.05, 0) is 66.7 Å². The van der Waals surface area contributed by atoms with E-state index >= 15 is 0 Å². The molecular weight excluding hydrogens is 601 g/mol. The van der Waals surface area contributed by atoms with Gasteiger partial charge >= 0.3 is 0 Å². The summed E-state index contributed by atoms with van der Waals surface area (Å²) in [6.07, 6.45) is 0. The molecule has 0 saturated heterocycles. The Labute approximate surface area is 272 Å². The molecule has 0 aliphatic carbocycles. The van der Waals surface area contributed by atoms with Crippen LogP contribution >= 0.6 is 22.7 Å². The third kappa shape index (κ3) is 3.92. The fourth-order valence-corrected chi connectivity index (χ4v) is 8.90. The molecule has 10 aromatic rings. The molecule has 0 amide bonds. The summed E-state index contributed by atoms with van der Waals surface area (Å²) in [5.74, 6) is 0. The van der Waals surface area contributed by atoms with E-state index in [0.717, 1.165) is 55.1 Å². The van der Waals surface area contributed by atoms with Crippen molar-refractivity contribution in [1.29, 1.82) is 0 Å². The highest BCUT2D eigenvalue weighted by atomic mass is 32.1. The van der Waals surface area contributed by atoms with Crippen molar-refractivity contribution in [2.24, 2.45) is 0 Å². The molecule has 216 valence electrons. The summed E-state index contributed by atoms with van der Waals surface area (Å²) in [7, 11) is 0. The van der Waals surface area contributed by atoms with Crippen molar-refractivity contribution in [3.8, 4) is 11.3 Å². The normalized spacial score (nSPS) is 11.9. The molecule has 0 atom stereocenters. The van der Waals surface area contributed by atoms with Crippen LogP contribution in [0.15, 0.2) is 150 Å². The maximum Gasteiger partial charge on any atom is 0.159 e. The quantitative estimate of drug-likeness (QED) is 0.195. The van der Waals surface area contributed by atoms with Crippen LogP contribution in [0.3, 0.4) is 0 Å². The third-order valence-corrected chi connectivity index (χ3v) is 11.1. The number of fused-ring (bicyclic) bond motifs is 9. The highest BCUT2D eigenvalue weighted by molar-refractivity contribution is 7.26. The van der Waals surface area contributed by atoms with E-state index in [9.17, 15) is 0 Å². The van der Waals surface area contributed by atoms with Crippen LogP contribution in [-0.2, 0) is 0 Å². The first-order valence-electron chi connectivity index (χ1n) is 15.3. The Morgan fingerprint density at radius 2 is 1.15 bits per heavy atom. The van der Waals surface area contributed by atoms with Crippen molar-refractivity contribution in [2.75, 3.05) is 4.90 Å². The van der Waals surface area contributed by atoms with Gasteiger partial charge in [0.25, 0.3) is 0 Å². The molecule has 4 aromatic heterocycles. The van der Waals surface area contributed by atoms with Crippen molar-refractivity contribution in [3.63, 3.8) is 0 Å². The van der Waals surface area contributed by atoms with E-state index in [4.69, 9.17) is 9.40 Å². The fraction of sp³-hybridized carbons (Fsp3) is 0. The summed E-state index contributed by atoms with van der Waals surface area (Å²) < 4.78 is 10.4. The predicted molar refractivity (Wildman–Crippen MR) is 197 cm³/mol. The van der Waals surface area contributed by atoms with Gasteiger partial charge in [0, 0.05) is 63.4 Å². The van der Waals surface area contributed by atoms with Crippen LogP contribution in [0.2, 0.25) is 0 Å². The number of para-hydroxylation sites is 2. The van der Waals surface area contributed by atoms with E-state index in [-0.39, 0.29) is 0 Å². The van der Waals surface area contributed by atoms with Gasteiger partial charge in [0.1, 0.15) is 10.4 Å². The van der Waals surface area contributed by atoms with Crippen LogP contribution < -0.4 is 4.90 Å². The van der Waals surface area contributed by atoms with Crippen LogP contribution in [0.1, 0.15) is 0 Å². The average molecular weight is 625 g/mol. The smallest absolute Gasteiger partial charge is 0.159 e. The van der Waals surface area contributed by atoms with E-state index in [1.54, 1.807) is 11.3 Å². The highest BCUT2D eigenvalue weighted by Crippen LogP contribution is 2.45. The summed E-state index contributed by atoms with van der Waals surface area (Å²) in [6, 6.07) is 51.8. The number of thiophene rings is 2. The summed E-state index contributed by atoms with van der Waals surface area (Å²) in [5.41, 5.74) is 6.97. The van der Waals surface area contributed by atoms with Gasteiger partial charge in [0.05, 0.1) is 11.4 Å². The molecule has 4 heterocycles. The SMILES string of the molecule is c1ccc2c(c1)oc1c(N(c3ccc(-c4ccc5c(n4)sc4ccccc45)cc3)c3ccc4sc5ccccc5c4c3)cccc12. The van der Waals surface area contributed by atoms with Crippen LogP contribution in [-0.4, -0.2) is 4.98 Å². The number of benzene rings is 6. The summed E-state index contributed by atoms with van der Waals surface area (Å²) in [5, 5.41) is 7.25. The molecule has 0 unspecified atom stereocenters. The molecule has 3 nitrogen and oxygen atoms in total. The van der Waals surface area contributed by atoms with Gasteiger partial charge in [-0.3, -0.25) is 0 Å². The molecule has 0 aliphatic heterocycles. The first-order valence-corrected chi connectivity index (χ1v) is 16.9. The number of anilines is 3. The molecule has 10 rings (SSSR count). The van der Waals surface area contributed by atoms with Gasteiger partial charge in [-0.2, -0.15) is 0 Å². The van der Waals surface area contributed by atoms with Gasteiger partial charge in [0.15, 0.2) is 5.58 Å². The first kappa shape index (κ1) is 25.8. The molecule has 0 fully saturated rings. The fourth-order valence-electron chi connectivity index (χ4n) is 6.74. The Hall–Kier alpha value is -5.49. The number of pyridine rings is 1. The van der Waals surface area contributed by atoms with Crippen molar-refractivity contribution in [2.45, 2.75) is 0 Å². The molecular formula is C41H24N2OS2. The average Bonchev–Trinajstić information content (AvgIpc) is 3.80. The molecule has 0 N–H and O–H groups in total. The second kappa shape index (κ2) is 10.0. The van der Waals surface area contributed by atoms with Crippen LogP contribution in [0.5, 0.6) is 0 Å². The lowest BCUT2D eigenvalue weighted by atomic mass is 10.1. The lowest BCUT2D eigenvalue weighted by Gasteiger charge is -2.26. The topological polar surface area (TPSA) is 29.3 Å². The molecule has 6 aromatic carbocycles. The lowest BCUT2D eigenvalue weighted by Crippen LogP contribution is -2.10. The zero-order valence-electron chi connectivity index (χ0n) is 24.5. The van der Waals surface area contributed by atoms with Crippen LogP contribution in [0.25, 0.3) is 73.7 Å². The van der Waals surface area contributed by atoms with Gasteiger partial charge in [-0.1, -0.05) is 78.9 Å². The molecule has 0 radical (unpaired) electrons. The number of hydrogen-bond acceptors (Lipinski definition) is 5. The second-order valence-corrected chi connectivity index (χ2v) is 13.7. The van der Waals surface area contributed by atoms with E-state index in [1.807, 2.05) is 23.5 Å². The zero-order valence-corrected chi connectivity index (χ0v) is 26.1. The van der Waals surface area contributed by atoms with Crippen molar-refractivity contribution < 1.29 is 4.42 Å². The van der Waals surface area contributed by atoms with Crippen LogP contribution in [0.4, 0.5) is 17.1 Å². The molecule has 0 saturated carbocycles. The minimum Gasteiger partial charge on any atom is -0.454 e. The zero-order chi connectivity index (χ0) is 30.2. The van der Waals surface area contributed by atoms with Crippen LogP contribution in [0, 0.1) is 0 Å². The van der Waals surface area contributed by atoms with E-state index in [2.05, 4.69) is 138 Å². The number of nitrogens with zero attached hydrogens (tertiary/aromatic N) is 2. The number of aromatic nitrogens is 1. The molecule has 0 aliphatic rings. The predicted octanol–water partition coefficient (Wildman–Crippen LogP) is 12.9. The van der Waals surface area contributed by atoms with E-state index in [1.165, 1.54) is 35.6 Å². The van der Waals surface area contributed by atoms with E-state index in [0.29, 0.717) is 0 Å². The van der Waals surface area contributed by atoms with Crippen molar-refractivity contribution >= 4 is 102 Å². The van der Waals surface area contributed by atoms with Crippen molar-refractivity contribution in [1.82, 2.24) is 4.98 Å². The van der Waals surface area contributed by atoms with Crippen molar-refractivity contribution in [3.05, 3.63) is 146 Å². The maximum absolute atomic E-state index is 6.56. The molecule has 46 heavy (non-hydrogen) atoms. The Bertz CT molecular complexity index is 2770. The Kier molecular flexibility index (Phi) is 5.61. The van der Waals surface area contributed by atoms with Gasteiger partial charge < -0.3 is 9.32 Å². The van der Waals surface area contributed by atoms with Gasteiger partial charge in [0.2, 0.25) is 0 Å². The minimum atomic E-state index is 0.875. The molecule has 5 heteroatoms. The first-order chi connectivity index (χ1) is 22.8. The van der Waals surface area contributed by atoms with E-state index < -0.39 is 0 Å². The Morgan fingerprint density at radius 3 is 2.00 bits per heavy atom. The summed E-state index contributed by atoms with van der Waals surface area (Å²) in [6.45, 7) is 0. The monoisotopic (exact) mass is 624 g/mol. The molecule has 0 bridgehead atoms. The number of hydrogen-bond donors (Lipinski definition) is 0. The number of rotatable bonds is 4. The molecule has 0 spiro atoms. The van der Waals surface area contributed by atoms with Gasteiger partial charge in [-0.15, -0.1) is 22.7 Å². The maximum atomic E-state index is 6.56. The third-order valence-electron chi connectivity index (χ3n) is 8.91. The van der Waals surface area contributed by atoms with Gasteiger partial charge in [-0.25, -0.2) is 4.98 Å². The number of furan rings is 1. The second-order valence-electron chi connectivity index (χ2n) is 11.6. The summed E-state index contributed by atoms with van der Waals surface area (Å²) >= 11 is 3.59. The highest BCUT2D eigenvalue weighted by Gasteiger charge is 2.20. The minimum absolute atomic E-state index is 0.875. The summed E-state index contributed by atoms with van der Waals surface area (Å²) in [4.78, 5) is 8.48.